The van der Waals surface area contributed by atoms with Crippen molar-refractivity contribution < 1.29 is 22.4 Å². The van der Waals surface area contributed by atoms with E-state index in [4.69, 9.17) is 10.1 Å². The van der Waals surface area contributed by atoms with Crippen molar-refractivity contribution in [3.05, 3.63) is 34.2 Å². The Kier molecular flexibility index (Phi) is 4.96. The number of nitrogens with one attached hydrogen (secondary N) is 2. The monoisotopic (exact) mass is 435 g/mol. The van der Waals surface area contributed by atoms with Crippen molar-refractivity contribution in [3.8, 4) is 0 Å². The van der Waals surface area contributed by atoms with Crippen LogP contribution in [-0.2, 0) is 15.1 Å². The Morgan fingerprint density at radius 2 is 2.24 bits per heavy atom. The fourth-order valence-electron chi connectivity index (χ4n) is 1.89. The van der Waals surface area contributed by atoms with Gasteiger partial charge in [-0.3, -0.25) is 0 Å². The summed E-state index contributed by atoms with van der Waals surface area (Å²) in [5.74, 6) is -0.0468. The van der Waals surface area contributed by atoms with Gasteiger partial charge in [0.25, 0.3) is 10.2 Å². The fraction of sp³-hybridized carbons (Fsp3) is 0.182. The molecular formula is C11H11BrFN7O4S. The molecular weight excluding hydrogens is 425 g/mol. The number of fused-ring (bicyclic) bond motifs is 1. The number of benzene rings is 1. The molecule has 0 aliphatic carbocycles. The second-order valence-electron chi connectivity index (χ2n) is 4.73. The molecule has 0 fully saturated rings. The highest BCUT2D eigenvalue weighted by Crippen LogP contribution is 2.25. The Hall–Kier alpha value is -2.13. The second kappa shape index (κ2) is 7.01. The van der Waals surface area contributed by atoms with E-state index >= 15 is 0 Å². The van der Waals surface area contributed by atoms with Gasteiger partial charge in [0.2, 0.25) is 5.82 Å². The lowest BCUT2D eigenvalue weighted by Crippen LogP contribution is -2.45. The van der Waals surface area contributed by atoms with E-state index in [2.05, 4.69) is 46.1 Å². The first-order valence-corrected chi connectivity index (χ1v) is 9.02. The molecule has 3 rings (SSSR count). The number of hydrogen-bond acceptors (Lipinski definition) is 8. The molecule has 0 amide bonds. The predicted octanol–water partition coefficient (Wildman–Crippen LogP) is 0.0988. The van der Waals surface area contributed by atoms with Gasteiger partial charge in [0.1, 0.15) is 5.82 Å². The van der Waals surface area contributed by atoms with Crippen LogP contribution in [0.25, 0.3) is 0 Å². The van der Waals surface area contributed by atoms with Crippen molar-refractivity contribution in [2.45, 2.75) is 0 Å². The Labute approximate surface area is 149 Å². The van der Waals surface area contributed by atoms with Crippen LogP contribution >= 0.6 is 15.9 Å². The zero-order chi connectivity index (χ0) is 18.0. The number of nitrogens with two attached hydrogens (primary N) is 1. The number of hydrogen-bond donors (Lipinski definition) is 3. The fourth-order valence-corrected chi connectivity index (χ4v) is 2.63. The minimum Gasteiger partial charge on any atom is -0.242 e. The molecule has 1 aliphatic rings. The normalized spacial score (nSPS) is 16.0. The Balaban J connectivity index is 1.79. The zero-order valence-electron chi connectivity index (χ0n) is 12.3. The Morgan fingerprint density at radius 3 is 2.96 bits per heavy atom. The SMILES string of the molecule is NS(=O)(=O)NCCN1ON/C(=N/c2ccc(F)c(Br)c2)c2nonc21. The van der Waals surface area contributed by atoms with Crippen LogP contribution in [-0.4, -0.2) is 37.7 Å². The molecule has 25 heavy (non-hydrogen) atoms. The van der Waals surface area contributed by atoms with E-state index in [9.17, 15) is 12.8 Å². The minimum atomic E-state index is -3.82. The first-order valence-electron chi connectivity index (χ1n) is 6.68. The topological polar surface area (TPSA) is 148 Å². The molecule has 2 heterocycles. The van der Waals surface area contributed by atoms with Gasteiger partial charge in [0.15, 0.2) is 11.5 Å². The third kappa shape index (κ3) is 4.29. The van der Waals surface area contributed by atoms with Gasteiger partial charge in [-0.25, -0.2) is 34.4 Å². The Morgan fingerprint density at radius 1 is 1.44 bits per heavy atom. The van der Waals surface area contributed by atoms with Crippen LogP contribution < -0.4 is 20.4 Å². The molecule has 2 aromatic rings. The van der Waals surface area contributed by atoms with Crippen LogP contribution in [0.15, 0.2) is 32.3 Å². The van der Waals surface area contributed by atoms with Gasteiger partial charge >= 0.3 is 0 Å². The summed E-state index contributed by atoms with van der Waals surface area (Å²) in [6, 6.07) is 4.18. The van der Waals surface area contributed by atoms with Gasteiger partial charge in [-0.1, -0.05) is 0 Å². The van der Waals surface area contributed by atoms with Crippen LogP contribution in [0, 0.1) is 5.82 Å². The number of amidine groups is 1. The van der Waals surface area contributed by atoms with Crippen LogP contribution in [0.1, 0.15) is 5.69 Å². The number of aliphatic imine (C=N–C) groups is 1. The van der Waals surface area contributed by atoms with Crippen LogP contribution in [0.5, 0.6) is 0 Å². The first-order chi connectivity index (χ1) is 11.8. The lowest BCUT2D eigenvalue weighted by atomic mass is 10.3. The number of hydroxylamine groups is 2. The van der Waals surface area contributed by atoms with Crippen molar-refractivity contribution in [1.82, 2.24) is 20.5 Å². The summed E-state index contributed by atoms with van der Waals surface area (Å²) in [6.07, 6.45) is 0. The lowest BCUT2D eigenvalue weighted by molar-refractivity contribution is 0.0543. The summed E-state index contributed by atoms with van der Waals surface area (Å²) in [7, 11) is -3.82. The molecule has 0 spiro atoms. The van der Waals surface area contributed by atoms with Gasteiger partial charge in [-0.05, 0) is 44.4 Å². The highest BCUT2D eigenvalue weighted by Gasteiger charge is 2.29. The largest absolute Gasteiger partial charge is 0.274 e. The summed E-state index contributed by atoms with van der Waals surface area (Å²) in [5, 5.41) is 13.5. The minimum absolute atomic E-state index is 0.0375. The lowest BCUT2D eigenvalue weighted by Gasteiger charge is -2.25. The highest BCUT2D eigenvalue weighted by atomic mass is 79.9. The molecule has 11 nitrogen and oxygen atoms in total. The average Bonchev–Trinajstić information content (AvgIpc) is 3.02. The average molecular weight is 436 g/mol. The summed E-state index contributed by atoms with van der Waals surface area (Å²) in [6.45, 7) is 0.0320. The third-order valence-electron chi connectivity index (χ3n) is 2.95. The van der Waals surface area contributed by atoms with Gasteiger partial charge in [-0.15, -0.1) is 0 Å². The molecule has 1 aliphatic heterocycles. The number of nitrogens with zero attached hydrogens (tertiary/aromatic N) is 4. The van der Waals surface area contributed by atoms with Crippen LogP contribution in [0.2, 0.25) is 0 Å². The molecule has 0 bridgehead atoms. The summed E-state index contributed by atoms with van der Waals surface area (Å²) >= 11 is 3.07. The van der Waals surface area contributed by atoms with Crippen molar-refractivity contribution in [3.63, 3.8) is 0 Å². The van der Waals surface area contributed by atoms with Crippen molar-refractivity contribution >= 4 is 43.5 Å². The smallest absolute Gasteiger partial charge is 0.242 e. The van der Waals surface area contributed by atoms with E-state index in [1.807, 2.05) is 0 Å². The van der Waals surface area contributed by atoms with Crippen molar-refractivity contribution in [2.75, 3.05) is 18.2 Å². The van der Waals surface area contributed by atoms with Crippen LogP contribution in [0.4, 0.5) is 15.9 Å². The van der Waals surface area contributed by atoms with Crippen LogP contribution in [0.3, 0.4) is 0 Å². The first kappa shape index (κ1) is 17.7. The van der Waals surface area contributed by atoms with Gasteiger partial charge in [0.05, 0.1) is 16.7 Å². The highest BCUT2D eigenvalue weighted by molar-refractivity contribution is 9.10. The molecule has 0 unspecified atom stereocenters. The molecule has 0 saturated carbocycles. The quantitative estimate of drug-likeness (QED) is 0.598. The molecule has 14 heteroatoms. The van der Waals surface area contributed by atoms with E-state index in [1.165, 1.54) is 23.3 Å². The number of anilines is 1. The summed E-state index contributed by atoms with van der Waals surface area (Å²) in [4.78, 5) is 9.50. The van der Waals surface area contributed by atoms with Gasteiger partial charge in [-0.2, -0.15) is 13.4 Å². The van der Waals surface area contributed by atoms with E-state index in [0.29, 0.717) is 5.69 Å². The van der Waals surface area contributed by atoms with Gasteiger partial charge < -0.3 is 0 Å². The molecule has 1 aromatic carbocycles. The molecule has 0 atom stereocenters. The zero-order valence-corrected chi connectivity index (χ0v) is 14.7. The standard InChI is InChI=1S/C11H11BrFN7O4S/c12-7-5-6(1-2-8(7)13)16-10-9-11(19-23-17-9)20(24-18-10)4-3-15-25(14,21)22/h1-2,5,15H,3-4H2,(H,16,18)(H2,14,21,22). The predicted molar refractivity (Wildman–Crippen MR) is 87.3 cm³/mol. The summed E-state index contributed by atoms with van der Waals surface area (Å²) < 4.78 is 42.1. The maximum Gasteiger partial charge on any atom is 0.274 e. The van der Waals surface area contributed by atoms with Crippen molar-refractivity contribution in [1.29, 1.82) is 0 Å². The maximum atomic E-state index is 13.3. The molecule has 4 N–H and O–H groups in total. The van der Waals surface area contributed by atoms with E-state index < -0.39 is 16.0 Å². The van der Waals surface area contributed by atoms with Gasteiger partial charge in [0, 0.05) is 6.54 Å². The number of halogens is 2. The molecule has 1 aromatic heterocycles. The number of rotatable bonds is 5. The van der Waals surface area contributed by atoms with E-state index in [-0.39, 0.29) is 34.9 Å². The van der Waals surface area contributed by atoms with Crippen molar-refractivity contribution in [2.24, 2.45) is 10.1 Å². The molecule has 0 radical (unpaired) electrons. The Bertz CT molecular complexity index is 919. The number of aromatic nitrogens is 2. The molecule has 134 valence electrons. The third-order valence-corrected chi connectivity index (χ3v) is 4.16. The second-order valence-corrected chi connectivity index (χ2v) is 6.96. The van der Waals surface area contributed by atoms with E-state index in [0.717, 1.165) is 0 Å². The maximum absolute atomic E-state index is 13.3. The van der Waals surface area contributed by atoms with E-state index in [1.54, 1.807) is 0 Å². The summed E-state index contributed by atoms with van der Waals surface area (Å²) in [5.41, 5.74) is 3.20. The molecule has 0 saturated heterocycles.